The van der Waals surface area contributed by atoms with E-state index in [4.69, 9.17) is 0 Å². The lowest BCUT2D eigenvalue weighted by atomic mass is 10.0. The lowest BCUT2D eigenvalue weighted by molar-refractivity contribution is -0.117. The van der Waals surface area contributed by atoms with Crippen molar-refractivity contribution in [3.8, 4) is 0 Å². The first-order valence-electron chi connectivity index (χ1n) is 5.32. The van der Waals surface area contributed by atoms with E-state index in [-0.39, 0.29) is 5.91 Å². The Morgan fingerprint density at radius 2 is 2.44 bits per heavy atom. The van der Waals surface area contributed by atoms with Gasteiger partial charge in [0.1, 0.15) is 0 Å². The number of carbonyl (C=O) groups is 1. The van der Waals surface area contributed by atoms with Crippen LogP contribution in [0.5, 0.6) is 0 Å². The third-order valence-electron chi connectivity index (χ3n) is 2.70. The number of hydrogen-bond donors (Lipinski definition) is 2. The van der Waals surface area contributed by atoms with Crippen molar-refractivity contribution in [1.29, 1.82) is 0 Å². The summed E-state index contributed by atoms with van der Waals surface area (Å²) in [4.78, 5) is 15.9. The second-order valence-corrected chi connectivity index (χ2v) is 4.54. The van der Waals surface area contributed by atoms with Crippen molar-refractivity contribution in [2.75, 3.05) is 19.6 Å². The van der Waals surface area contributed by atoms with E-state index in [9.17, 15) is 4.79 Å². The average Bonchev–Trinajstić information content (AvgIpc) is 2.67. The normalized spacial score (nSPS) is 14.4. The van der Waals surface area contributed by atoms with Crippen molar-refractivity contribution in [2.24, 2.45) is 0 Å². The Morgan fingerprint density at radius 3 is 3.00 bits per heavy atom. The first-order chi connectivity index (χ1) is 7.77. The maximum atomic E-state index is 11.7. The summed E-state index contributed by atoms with van der Waals surface area (Å²) < 4.78 is 0. The Morgan fingerprint density at radius 1 is 1.62 bits per heavy atom. The Labute approximate surface area is 98.8 Å². The highest BCUT2D eigenvalue weighted by Gasteiger charge is 2.15. The Bertz CT molecular complexity index is 391. The van der Waals surface area contributed by atoms with Crippen molar-refractivity contribution in [1.82, 2.24) is 15.6 Å². The lowest BCUT2D eigenvalue weighted by Crippen LogP contribution is -2.38. The summed E-state index contributed by atoms with van der Waals surface area (Å²) in [6.45, 7) is 4.24. The number of aromatic nitrogens is 1. The van der Waals surface area contributed by atoms with E-state index in [0.29, 0.717) is 6.54 Å². The largest absolute Gasteiger partial charge is 0.352 e. The number of amides is 1. The summed E-state index contributed by atoms with van der Waals surface area (Å²) in [5.74, 6) is 0.0479. The van der Waals surface area contributed by atoms with Gasteiger partial charge < -0.3 is 10.6 Å². The predicted molar refractivity (Wildman–Crippen MR) is 64.4 cm³/mol. The van der Waals surface area contributed by atoms with Gasteiger partial charge in [0.05, 0.1) is 11.2 Å². The van der Waals surface area contributed by atoms with Crippen LogP contribution in [0.3, 0.4) is 0 Å². The van der Waals surface area contributed by atoms with Gasteiger partial charge in [0, 0.05) is 37.0 Å². The van der Waals surface area contributed by atoms with Crippen LogP contribution in [0.4, 0.5) is 0 Å². The summed E-state index contributed by atoms with van der Waals surface area (Å²) in [6.07, 6.45) is 0.802. The summed E-state index contributed by atoms with van der Waals surface area (Å²) >= 11 is 1.58. The van der Waals surface area contributed by atoms with Gasteiger partial charge in [-0.05, 0) is 12.5 Å². The molecular formula is C11H15N3OS. The SMILES string of the molecule is CC(C(=O)NCCc1cscn1)=C1CNC1. The predicted octanol–water partition coefficient (Wildman–Crippen LogP) is 0.721. The minimum Gasteiger partial charge on any atom is -0.352 e. The molecule has 86 valence electrons. The van der Waals surface area contributed by atoms with Crippen LogP contribution in [0.1, 0.15) is 12.6 Å². The molecule has 5 heteroatoms. The standard InChI is InChI=1S/C11H15N3OS/c1-8(9-4-12-5-9)11(15)13-3-2-10-6-16-7-14-10/h6-7,12H,2-5H2,1H3,(H,13,15). The molecule has 2 rings (SSSR count). The highest BCUT2D eigenvalue weighted by Crippen LogP contribution is 2.08. The molecule has 1 amide bonds. The van der Waals surface area contributed by atoms with E-state index in [1.54, 1.807) is 11.3 Å². The summed E-state index contributed by atoms with van der Waals surface area (Å²) in [6, 6.07) is 0. The van der Waals surface area contributed by atoms with Crippen molar-refractivity contribution < 1.29 is 4.79 Å². The highest BCUT2D eigenvalue weighted by molar-refractivity contribution is 7.07. The Balaban J connectivity index is 1.76. The van der Waals surface area contributed by atoms with Crippen molar-refractivity contribution in [2.45, 2.75) is 13.3 Å². The van der Waals surface area contributed by atoms with Crippen LogP contribution in [-0.2, 0) is 11.2 Å². The molecule has 1 aliphatic rings. The van der Waals surface area contributed by atoms with Crippen molar-refractivity contribution >= 4 is 17.2 Å². The third kappa shape index (κ3) is 2.68. The highest BCUT2D eigenvalue weighted by atomic mass is 32.1. The van der Waals surface area contributed by atoms with Gasteiger partial charge in [0.2, 0.25) is 5.91 Å². The van der Waals surface area contributed by atoms with Crippen LogP contribution in [0, 0.1) is 0 Å². The summed E-state index contributed by atoms with van der Waals surface area (Å²) in [7, 11) is 0. The maximum Gasteiger partial charge on any atom is 0.246 e. The molecular weight excluding hydrogens is 222 g/mol. The Kier molecular flexibility index (Phi) is 3.69. The van der Waals surface area contributed by atoms with Gasteiger partial charge in [-0.3, -0.25) is 4.79 Å². The Hall–Kier alpha value is -1.20. The summed E-state index contributed by atoms with van der Waals surface area (Å²) in [5.41, 5.74) is 4.92. The smallest absolute Gasteiger partial charge is 0.246 e. The van der Waals surface area contributed by atoms with E-state index < -0.39 is 0 Å². The van der Waals surface area contributed by atoms with Crippen LogP contribution in [-0.4, -0.2) is 30.5 Å². The number of carbonyl (C=O) groups excluding carboxylic acids is 1. The van der Waals surface area contributed by atoms with Crippen molar-refractivity contribution in [3.63, 3.8) is 0 Å². The van der Waals surface area contributed by atoms with Gasteiger partial charge in [-0.2, -0.15) is 0 Å². The second-order valence-electron chi connectivity index (χ2n) is 3.82. The quantitative estimate of drug-likeness (QED) is 0.759. The second kappa shape index (κ2) is 5.23. The van der Waals surface area contributed by atoms with Gasteiger partial charge in [0.15, 0.2) is 0 Å². The fourth-order valence-electron chi connectivity index (χ4n) is 1.47. The molecule has 0 spiro atoms. The number of nitrogens with zero attached hydrogens (tertiary/aromatic N) is 1. The molecule has 0 bridgehead atoms. The molecule has 1 aliphatic heterocycles. The molecule has 0 aliphatic carbocycles. The molecule has 16 heavy (non-hydrogen) atoms. The fraction of sp³-hybridized carbons (Fsp3) is 0.455. The fourth-order valence-corrected chi connectivity index (χ4v) is 2.07. The topological polar surface area (TPSA) is 54.0 Å². The van der Waals surface area contributed by atoms with Crippen molar-refractivity contribution in [3.05, 3.63) is 27.7 Å². The number of thiazole rings is 1. The number of hydrogen-bond acceptors (Lipinski definition) is 4. The monoisotopic (exact) mass is 237 g/mol. The van der Waals surface area contributed by atoms with Gasteiger partial charge in [-0.15, -0.1) is 11.3 Å². The number of nitrogens with one attached hydrogen (secondary N) is 2. The first-order valence-corrected chi connectivity index (χ1v) is 6.26. The molecule has 2 heterocycles. The van der Waals surface area contributed by atoms with Gasteiger partial charge >= 0.3 is 0 Å². The maximum absolute atomic E-state index is 11.7. The number of rotatable bonds is 4. The molecule has 4 nitrogen and oxygen atoms in total. The molecule has 1 fully saturated rings. The minimum atomic E-state index is 0.0479. The van der Waals surface area contributed by atoms with Crippen LogP contribution < -0.4 is 10.6 Å². The van der Waals surface area contributed by atoms with E-state index in [1.165, 1.54) is 5.57 Å². The molecule has 0 aromatic carbocycles. The van der Waals surface area contributed by atoms with E-state index in [0.717, 1.165) is 30.8 Å². The minimum absolute atomic E-state index is 0.0479. The van der Waals surface area contributed by atoms with Crippen LogP contribution in [0.25, 0.3) is 0 Å². The van der Waals surface area contributed by atoms with E-state index in [1.807, 2.05) is 17.8 Å². The van der Waals surface area contributed by atoms with Crippen LogP contribution in [0.15, 0.2) is 22.0 Å². The van der Waals surface area contributed by atoms with Crippen LogP contribution >= 0.6 is 11.3 Å². The average molecular weight is 237 g/mol. The molecule has 0 saturated carbocycles. The zero-order valence-corrected chi connectivity index (χ0v) is 10.1. The van der Waals surface area contributed by atoms with Gasteiger partial charge in [0.25, 0.3) is 0 Å². The molecule has 0 unspecified atom stereocenters. The lowest BCUT2D eigenvalue weighted by Gasteiger charge is -2.21. The van der Waals surface area contributed by atoms with Gasteiger partial charge in [-0.25, -0.2) is 4.98 Å². The molecule has 1 aromatic rings. The summed E-state index contributed by atoms with van der Waals surface area (Å²) in [5, 5.41) is 8.05. The van der Waals surface area contributed by atoms with E-state index in [2.05, 4.69) is 15.6 Å². The zero-order valence-electron chi connectivity index (χ0n) is 9.25. The molecule has 0 radical (unpaired) electrons. The third-order valence-corrected chi connectivity index (χ3v) is 3.33. The molecule has 1 aromatic heterocycles. The first kappa shape index (κ1) is 11.3. The zero-order chi connectivity index (χ0) is 11.4. The molecule has 2 N–H and O–H groups in total. The molecule has 1 saturated heterocycles. The molecule has 0 atom stereocenters. The van der Waals surface area contributed by atoms with Crippen LogP contribution in [0.2, 0.25) is 0 Å². The van der Waals surface area contributed by atoms with E-state index >= 15 is 0 Å². The van der Waals surface area contributed by atoms with Gasteiger partial charge in [-0.1, -0.05) is 0 Å².